The first-order valence-electron chi connectivity index (χ1n) is 6.36. The lowest BCUT2D eigenvalue weighted by Crippen LogP contribution is -2.44. The van der Waals surface area contributed by atoms with Crippen LogP contribution in [0.2, 0.25) is 0 Å². The highest BCUT2D eigenvalue weighted by Gasteiger charge is 2.33. The Morgan fingerprint density at radius 1 is 1.53 bits per heavy atom. The minimum atomic E-state index is -0.521. The van der Waals surface area contributed by atoms with E-state index in [4.69, 9.17) is 4.42 Å². The van der Waals surface area contributed by atoms with Crippen LogP contribution in [-0.2, 0) is 0 Å². The molecule has 1 fully saturated rings. The maximum atomic E-state index is 9.30. The predicted molar refractivity (Wildman–Crippen MR) is 74.9 cm³/mol. The zero-order valence-electron chi connectivity index (χ0n) is 10.7. The van der Waals surface area contributed by atoms with Crippen molar-refractivity contribution in [2.45, 2.75) is 36.6 Å². The van der Waals surface area contributed by atoms with Crippen LogP contribution in [0.5, 0.6) is 0 Å². The van der Waals surface area contributed by atoms with Gasteiger partial charge in [0.15, 0.2) is 5.58 Å². The molecular weight excluding hydrogens is 258 g/mol. The molecular formula is C14H15N3OS. The lowest BCUT2D eigenvalue weighted by atomic mass is 10.1. The number of nitrogens with zero attached hydrogens (tertiary/aromatic N) is 2. The minimum Gasteiger partial charge on any atom is -0.431 e. The SMILES string of the molecule is CC(C#N)(CSc1nc2ccccc2o1)NC1CC1. The highest BCUT2D eigenvalue weighted by atomic mass is 32.2. The molecule has 2 aromatic rings. The topological polar surface area (TPSA) is 61.9 Å². The molecule has 1 aromatic carbocycles. The Kier molecular flexibility index (Phi) is 3.21. The van der Waals surface area contributed by atoms with E-state index < -0.39 is 5.54 Å². The molecule has 1 aromatic heterocycles. The summed E-state index contributed by atoms with van der Waals surface area (Å²) in [6.45, 7) is 1.93. The number of aromatic nitrogens is 1. The second-order valence-electron chi connectivity index (χ2n) is 5.10. The smallest absolute Gasteiger partial charge is 0.256 e. The van der Waals surface area contributed by atoms with E-state index in [1.807, 2.05) is 31.2 Å². The number of para-hydroxylation sites is 2. The van der Waals surface area contributed by atoms with Gasteiger partial charge in [-0.3, -0.25) is 5.32 Å². The fourth-order valence-electron chi connectivity index (χ4n) is 1.90. The van der Waals surface area contributed by atoms with E-state index in [0.29, 0.717) is 17.0 Å². The summed E-state index contributed by atoms with van der Waals surface area (Å²) in [6, 6.07) is 10.6. The molecule has 98 valence electrons. The van der Waals surface area contributed by atoms with Gasteiger partial charge in [-0.2, -0.15) is 5.26 Å². The van der Waals surface area contributed by atoms with E-state index in [-0.39, 0.29) is 0 Å². The maximum Gasteiger partial charge on any atom is 0.256 e. The van der Waals surface area contributed by atoms with Crippen LogP contribution >= 0.6 is 11.8 Å². The standard InChI is InChI=1S/C14H15N3OS/c1-14(8-15,17-10-6-7-10)9-19-13-16-11-4-2-3-5-12(11)18-13/h2-5,10,17H,6-7,9H2,1H3. The Morgan fingerprint density at radius 3 is 3.00 bits per heavy atom. The van der Waals surface area contributed by atoms with Crippen LogP contribution in [-0.4, -0.2) is 22.3 Å². The van der Waals surface area contributed by atoms with Crippen molar-refractivity contribution >= 4 is 22.9 Å². The number of thioether (sulfide) groups is 1. The van der Waals surface area contributed by atoms with Gasteiger partial charge in [-0.15, -0.1) is 0 Å². The normalized spacial score (nSPS) is 18.1. The number of hydrogen-bond acceptors (Lipinski definition) is 5. The van der Waals surface area contributed by atoms with Gasteiger partial charge < -0.3 is 4.42 Å². The number of oxazole rings is 1. The molecule has 0 aliphatic heterocycles. The Labute approximate surface area is 116 Å². The summed E-state index contributed by atoms with van der Waals surface area (Å²) in [5.74, 6) is 0.632. The van der Waals surface area contributed by atoms with Gasteiger partial charge in [0, 0.05) is 11.8 Å². The molecule has 1 atom stereocenters. The second-order valence-corrected chi connectivity index (χ2v) is 6.03. The monoisotopic (exact) mass is 273 g/mol. The van der Waals surface area contributed by atoms with Crippen LogP contribution in [0, 0.1) is 11.3 Å². The van der Waals surface area contributed by atoms with Crippen molar-refractivity contribution in [3.05, 3.63) is 24.3 Å². The lowest BCUT2D eigenvalue weighted by molar-refractivity contribution is 0.474. The van der Waals surface area contributed by atoms with Crippen LogP contribution in [0.1, 0.15) is 19.8 Å². The van der Waals surface area contributed by atoms with Crippen LogP contribution < -0.4 is 5.32 Å². The molecule has 1 aliphatic carbocycles. The Hall–Kier alpha value is -1.51. The Bertz CT molecular complexity index is 596. The van der Waals surface area contributed by atoms with E-state index in [0.717, 1.165) is 11.1 Å². The Morgan fingerprint density at radius 2 is 2.32 bits per heavy atom. The molecule has 0 spiro atoms. The fourth-order valence-corrected chi connectivity index (χ4v) is 2.77. The first-order chi connectivity index (χ1) is 9.18. The summed E-state index contributed by atoms with van der Waals surface area (Å²) in [7, 11) is 0. The fraction of sp³-hybridized carbons (Fsp3) is 0.429. The lowest BCUT2D eigenvalue weighted by Gasteiger charge is -2.21. The maximum absolute atomic E-state index is 9.30. The van der Waals surface area contributed by atoms with Crippen molar-refractivity contribution < 1.29 is 4.42 Å². The minimum absolute atomic E-state index is 0.508. The summed E-state index contributed by atoms with van der Waals surface area (Å²) in [4.78, 5) is 4.40. The third-order valence-electron chi connectivity index (χ3n) is 3.11. The van der Waals surface area contributed by atoms with Crippen LogP contribution in [0.4, 0.5) is 0 Å². The predicted octanol–water partition coefficient (Wildman–Crippen LogP) is 2.95. The van der Waals surface area contributed by atoms with Crippen molar-refractivity contribution in [1.29, 1.82) is 5.26 Å². The highest BCUT2D eigenvalue weighted by Crippen LogP contribution is 2.28. The molecule has 5 heteroatoms. The number of hydrogen-bond donors (Lipinski definition) is 1. The zero-order chi connectivity index (χ0) is 13.3. The van der Waals surface area contributed by atoms with Gasteiger partial charge in [-0.1, -0.05) is 23.9 Å². The number of rotatable bonds is 5. The van der Waals surface area contributed by atoms with Crippen molar-refractivity contribution in [3.8, 4) is 6.07 Å². The molecule has 1 saturated carbocycles. The zero-order valence-corrected chi connectivity index (χ0v) is 11.5. The van der Waals surface area contributed by atoms with E-state index in [1.165, 1.54) is 24.6 Å². The molecule has 1 N–H and O–H groups in total. The van der Waals surface area contributed by atoms with Crippen molar-refractivity contribution in [3.63, 3.8) is 0 Å². The first-order valence-corrected chi connectivity index (χ1v) is 7.34. The highest BCUT2D eigenvalue weighted by molar-refractivity contribution is 7.99. The summed E-state index contributed by atoms with van der Waals surface area (Å²) in [6.07, 6.45) is 2.34. The van der Waals surface area contributed by atoms with Gasteiger partial charge in [0.05, 0.1) is 6.07 Å². The summed E-state index contributed by atoms with van der Waals surface area (Å²) in [5, 5.41) is 13.3. The van der Waals surface area contributed by atoms with Gasteiger partial charge in [0.25, 0.3) is 5.22 Å². The molecule has 1 heterocycles. The number of benzene rings is 1. The van der Waals surface area contributed by atoms with E-state index in [1.54, 1.807) is 0 Å². The molecule has 4 nitrogen and oxygen atoms in total. The second kappa shape index (κ2) is 4.87. The molecule has 0 bridgehead atoms. The van der Waals surface area contributed by atoms with Crippen LogP contribution in [0.15, 0.2) is 33.9 Å². The third kappa shape index (κ3) is 2.91. The molecule has 0 amide bonds. The summed E-state index contributed by atoms with van der Waals surface area (Å²) < 4.78 is 5.64. The van der Waals surface area contributed by atoms with E-state index in [2.05, 4.69) is 16.4 Å². The Balaban J connectivity index is 1.68. The average Bonchev–Trinajstić information content (AvgIpc) is 3.12. The number of nitriles is 1. The van der Waals surface area contributed by atoms with E-state index >= 15 is 0 Å². The summed E-state index contributed by atoms with van der Waals surface area (Å²) in [5.41, 5.74) is 1.13. The average molecular weight is 273 g/mol. The molecule has 0 saturated heterocycles. The van der Waals surface area contributed by atoms with Crippen LogP contribution in [0.25, 0.3) is 11.1 Å². The van der Waals surface area contributed by atoms with Crippen LogP contribution in [0.3, 0.4) is 0 Å². The largest absolute Gasteiger partial charge is 0.431 e. The van der Waals surface area contributed by atoms with Gasteiger partial charge in [-0.25, -0.2) is 4.98 Å². The third-order valence-corrected chi connectivity index (χ3v) is 4.25. The van der Waals surface area contributed by atoms with Crippen molar-refractivity contribution in [2.24, 2.45) is 0 Å². The number of nitrogens with one attached hydrogen (secondary N) is 1. The molecule has 0 radical (unpaired) electrons. The van der Waals surface area contributed by atoms with Crippen molar-refractivity contribution in [2.75, 3.05) is 5.75 Å². The van der Waals surface area contributed by atoms with Gasteiger partial charge in [-0.05, 0) is 31.9 Å². The van der Waals surface area contributed by atoms with Crippen molar-refractivity contribution in [1.82, 2.24) is 10.3 Å². The van der Waals surface area contributed by atoms with E-state index in [9.17, 15) is 5.26 Å². The van der Waals surface area contributed by atoms with Gasteiger partial charge >= 0.3 is 0 Å². The molecule has 3 rings (SSSR count). The van der Waals surface area contributed by atoms with Gasteiger partial charge in [0.1, 0.15) is 11.1 Å². The quantitative estimate of drug-likeness (QED) is 0.849. The first kappa shape index (κ1) is 12.5. The number of fused-ring (bicyclic) bond motifs is 1. The molecule has 19 heavy (non-hydrogen) atoms. The van der Waals surface area contributed by atoms with Gasteiger partial charge in [0.2, 0.25) is 0 Å². The molecule has 1 unspecified atom stereocenters. The summed E-state index contributed by atoms with van der Waals surface area (Å²) >= 11 is 1.48. The molecule has 1 aliphatic rings.